The summed E-state index contributed by atoms with van der Waals surface area (Å²) < 4.78 is 23.0. The fraction of sp³-hybridized carbons (Fsp3) is 0.562. The first-order valence-corrected chi connectivity index (χ1v) is 14.4. The maximum Gasteiger partial charge on any atom is 0.320 e. The van der Waals surface area contributed by atoms with Crippen molar-refractivity contribution in [3.63, 3.8) is 0 Å². The highest BCUT2D eigenvalue weighted by Crippen LogP contribution is 2.44. The zero-order valence-electron chi connectivity index (χ0n) is 24.4. The molecule has 2 aliphatic rings. The number of ether oxygens (including phenoxy) is 4. The van der Waals surface area contributed by atoms with Crippen LogP contribution < -0.4 is 15.2 Å². The van der Waals surface area contributed by atoms with Gasteiger partial charge in [-0.25, -0.2) is 0 Å². The minimum Gasteiger partial charge on any atom is -0.493 e. The van der Waals surface area contributed by atoms with Crippen LogP contribution in [0.5, 0.6) is 11.5 Å². The van der Waals surface area contributed by atoms with E-state index in [4.69, 9.17) is 24.7 Å². The minimum absolute atomic E-state index is 0.0835. The number of hydrogen-bond acceptors (Lipinski definition) is 8. The number of nitrogens with zero attached hydrogens (tertiary/aromatic N) is 1. The fourth-order valence-electron chi connectivity index (χ4n) is 6.12. The zero-order chi connectivity index (χ0) is 28.8. The molecule has 0 aromatic heterocycles. The summed E-state index contributed by atoms with van der Waals surface area (Å²) in [6, 6.07) is 13.6. The van der Waals surface area contributed by atoms with Crippen molar-refractivity contribution in [3.8, 4) is 11.5 Å². The van der Waals surface area contributed by atoms with Gasteiger partial charge >= 0.3 is 11.9 Å². The summed E-state index contributed by atoms with van der Waals surface area (Å²) in [5.74, 6) is -0.607. The third kappa shape index (κ3) is 6.78. The third-order valence-corrected chi connectivity index (χ3v) is 8.28. The summed E-state index contributed by atoms with van der Waals surface area (Å²) in [5.41, 5.74) is 9.20. The van der Waals surface area contributed by atoms with Crippen molar-refractivity contribution in [1.82, 2.24) is 4.90 Å². The van der Waals surface area contributed by atoms with Crippen LogP contribution >= 0.6 is 0 Å². The smallest absolute Gasteiger partial charge is 0.320 e. The first kappa shape index (κ1) is 29.9. The Kier molecular flexibility index (Phi) is 10.1. The number of fused-ring (bicyclic) bond motifs is 3. The van der Waals surface area contributed by atoms with Gasteiger partial charge in [-0.2, -0.15) is 0 Å². The van der Waals surface area contributed by atoms with Crippen LogP contribution in [0.4, 0.5) is 0 Å². The Morgan fingerprint density at radius 3 is 2.38 bits per heavy atom. The lowest BCUT2D eigenvalue weighted by atomic mass is 9.79. The monoisotopic (exact) mass is 552 g/mol. The lowest BCUT2D eigenvalue weighted by Gasteiger charge is -2.47. The van der Waals surface area contributed by atoms with Crippen LogP contribution in [0, 0.1) is 23.7 Å². The van der Waals surface area contributed by atoms with E-state index in [0.717, 1.165) is 37.2 Å². The Balaban J connectivity index is 1.55. The van der Waals surface area contributed by atoms with Crippen LogP contribution in [0.25, 0.3) is 0 Å². The van der Waals surface area contributed by atoms with Crippen LogP contribution in [0.1, 0.15) is 56.3 Å². The van der Waals surface area contributed by atoms with E-state index in [0.29, 0.717) is 18.1 Å². The minimum atomic E-state index is -1.07. The quantitative estimate of drug-likeness (QED) is 0.321. The molecule has 2 N–H and O–H groups in total. The number of carbonyl (C=O) groups is 2. The number of rotatable bonds is 11. The molecule has 8 nitrogen and oxygen atoms in total. The second-order valence-corrected chi connectivity index (χ2v) is 11.6. The van der Waals surface area contributed by atoms with Crippen LogP contribution in [0.3, 0.4) is 0 Å². The molecule has 8 heteroatoms. The van der Waals surface area contributed by atoms with Gasteiger partial charge in [0.1, 0.15) is 12.7 Å². The average Bonchev–Trinajstić information content (AvgIpc) is 2.95. The van der Waals surface area contributed by atoms with Crippen LogP contribution in [0.15, 0.2) is 42.5 Å². The van der Waals surface area contributed by atoms with Gasteiger partial charge in [0, 0.05) is 31.5 Å². The molecule has 1 saturated heterocycles. The number of nitrogens with two attached hydrogens (primary N) is 1. The highest BCUT2D eigenvalue weighted by atomic mass is 16.6. The van der Waals surface area contributed by atoms with E-state index < -0.39 is 23.8 Å². The number of hydrogen-bond donors (Lipinski definition) is 1. The lowest BCUT2D eigenvalue weighted by molar-refractivity contribution is -0.173. The van der Waals surface area contributed by atoms with Crippen LogP contribution in [-0.4, -0.2) is 56.8 Å². The van der Waals surface area contributed by atoms with Crippen molar-refractivity contribution >= 4 is 11.9 Å². The molecule has 0 aliphatic carbocycles. The van der Waals surface area contributed by atoms with Gasteiger partial charge in [0.25, 0.3) is 0 Å². The molecule has 2 aliphatic heterocycles. The van der Waals surface area contributed by atoms with E-state index in [2.05, 4.69) is 30.9 Å². The van der Waals surface area contributed by atoms with Gasteiger partial charge in [-0.3, -0.25) is 14.5 Å². The number of esters is 2. The molecule has 40 heavy (non-hydrogen) atoms. The Hall–Kier alpha value is -3.10. The van der Waals surface area contributed by atoms with Crippen molar-refractivity contribution < 1.29 is 28.5 Å². The van der Waals surface area contributed by atoms with E-state index in [1.165, 1.54) is 11.1 Å². The van der Waals surface area contributed by atoms with Gasteiger partial charge in [-0.15, -0.1) is 0 Å². The van der Waals surface area contributed by atoms with Gasteiger partial charge in [-0.1, -0.05) is 51.1 Å². The summed E-state index contributed by atoms with van der Waals surface area (Å²) in [4.78, 5) is 29.3. The van der Waals surface area contributed by atoms with Gasteiger partial charge < -0.3 is 24.7 Å². The molecule has 0 amide bonds. The first-order chi connectivity index (χ1) is 19.2. The summed E-state index contributed by atoms with van der Waals surface area (Å²) in [6.07, 6.45) is 2.17. The Bertz CT molecular complexity index is 1150. The normalized spacial score (nSPS) is 22.0. The second-order valence-electron chi connectivity index (χ2n) is 11.6. The molecular weight excluding hydrogens is 508 g/mol. The highest BCUT2D eigenvalue weighted by Gasteiger charge is 2.43. The zero-order valence-corrected chi connectivity index (χ0v) is 24.4. The van der Waals surface area contributed by atoms with Gasteiger partial charge in [-0.05, 0) is 60.0 Å². The molecule has 0 spiro atoms. The first-order valence-electron chi connectivity index (χ1n) is 14.4. The Morgan fingerprint density at radius 2 is 1.73 bits per heavy atom. The molecule has 2 heterocycles. The number of carbonyl (C=O) groups excluding carboxylic acids is 2. The molecule has 2 unspecified atom stereocenters. The van der Waals surface area contributed by atoms with Gasteiger partial charge in [0.15, 0.2) is 17.4 Å². The number of piperidine rings is 1. The maximum atomic E-state index is 13.7. The average molecular weight is 553 g/mol. The molecular formula is C32H44N2O6. The molecule has 218 valence electrons. The molecule has 5 atom stereocenters. The molecule has 4 rings (SSSR count). The van der Waals surface area contributed by atoms with E-state index in [1.807, 2.05) is 30.3 Å². The Labute approximate surface area is 238 Å². The SMILES string of the molecule is COc1cc2c(cc1OC)[C@H]1C[C@@H](OC(=O)C(C(=O)OCc3ccccc3)C(C)CN)[C@H](CC(C)C)CN1CC2. The predicted molar refractivity (Wildman–Crippen MR) is 153 cm³/mol. The highest BCUT2D eigenvalue weighted by molar-refractivity contribution is 5.95. The summed E-state index contributed by atoms with van der Waals surface area (Å²) in [6.45, 7) is 8.19. The summed E-state index contributed by atoms with van der Waals surface area (Å²) in [7, 11) is 3.29. The largest absolute Gasteiger partial charge is 0.493 e. The molecule has 2 aromatic rings. The molecule has 0 saturated carbocycles. The number of methoxy groups -OCH3 is 2. The van der Waals surface area contributed by atoms with Crippen molar-refractivity contribution in [2.75, 3.05) is 33.9 Å². The number of benzene rings is 2. The summed E-state index contributed by atoms with van der Waals surface area (Å²) in [5, 5.41) is 0. The lowest BCUT2D eigenvalue weighted by Crippen LogP contribution is -2.50. The van der Waals surface area contributed by atoms with E-state index in [-0.39, 0.29) is 31.2 Å². The molecule has 0 radical (unpaired) electrons. The van der Waals surface area contributed by atoms with E-state index >= 15 is 0 Å². The van der Waals surface area contributed by atoms with Crippen molar-refractivity contribution in [2.45, 2.75) is 58.8 Å². The van der Waals surface area contributed by atoms with E-state index in [1.54, 1.807) is 21.1 Å². The fourth-order valence-corrected chi connectivity index (χ4v) is 6.12. The van der Waals surface area contributed by atoms with Crippen molar-refractivity contribution in [1.29, 1.82) is 0 Å². The third-order valence-electron chi connectivity index (χ3n) is 8.28. The summed E-state index contributed by atoms with van der Waals surface area (Å²) >= 11 is 0. The van der Waals surface area contributed by atoms with Crippen LogP contribution in [0.2, 0.25) is 0 Å². The van der Waals surface area contributed by atoms with Gasteiger partial charge in [0.2, 0.25) is 0 Å². The van der Waals surface area contributed by atoms with E-state index in [9.17, 15) is 9.59 Å². The molecule has 2 aromatic carbocycles. The predicted octanol–water partition coefficient (Wildman–Crippen LogP) is 4.54. The van der Waals surface area contributed by atoms with Crippen molar-refractivity contribution in [3.05, 3.63) is 59.2 Å². The second kappa shape index (κ2) is 13.5. The van der Waals surface area contributed by atoms with Crippen molar-refractivity contribution in [2.24, 2.45) is 29.4 Å². The van der Waals surface area contributed by atoms with Gasteiger partial charge in [0.05, 0.1) is 14.2 Å². The topological polar surface area (TPSA) is 100 Å². The standard InChI is InChI=1S/C32H44N2O6/c1-20(2)13-24-18-34-12-11-23-14-28(37-4)29(38-5)15-25(23)26(34)16-27(24)40-32(36)30(21(3)17-33)31(35)39-19-22-9-7-6-8-10-22/h6-10,14-15,20-21,24,26-27,30H,11-13,16-19,33H2,1-5H3/t21?,24-,26-,27-,30?/m1/s1. The van der Waals surface area contributed by atoms with Crippen LogP contribution in [-0.2, 0) is 32.1 Å². The molecule has 1 fully saturated rings. The Morgan fingerprint density at radius 1 is 1.02 bits per heavy atom. The maximum absolute atomic E-state index is 13.7. The molecule has 0 bridgehead atoms.